The molecule has 0 bridgehead atoms. The number of fused-ring (bicyclic) bond motifs is 1. The van der Waals surface area contributed by atoms with Crippen LogP contribution < -0.4 is 19.7 Å². The van der Waals surface area contributed by atoms with Crippen LogP contribution >= 0.6 is 0 Å². The van der Waals surface area contributed by atoms with Gasteiger partial charge in [0.1, 0.15) is 5.82 Å². The summed E-state index contributed by atoms with van der Waals surface area (Å²) in [6.07, 6.45) is 7.03. The van der Waals surface area contributed by atoms with Gasteiger partial charge in [-0.1, -0.05) is 57.2 Å². The highest BCUT2D eigenvalue weighted by Gasteiger charge is 2.26. The highest BCUT2D eigenvalue weighted by atomic mass is 32.2. The van der Waals surface area contributed by atoms with Crippen LogP contribution in [0, 0.1) is 0 Å². The maximum Gasteiger partial charge on any atom is 0.264 e. The Bertz CT molecular complexity index is 2660. The highest BCUT2D eigenvalue weighted by molar-refractivity contribution is 7.93. The lowest BCUT2D eigenvalue weighted by Crippen LogP contribution is -2.26. The van der Waals surface area contributed by atoms with Gasteiger partial charge in [-0.25, -0.2) is 21.8 Å². The molecule has 0 unspecified atom stereocenters. The normalized spacial score (nSPS) is 11.7. The molecular weight excluding hydrogens is 757 g/mol. The second-order valence-electron chi connectivity index (χ2n) is 14.4. The minimum atomic E-state index is -3.65. The SMILES string of the molecule is CN(c1ccc(NCc2ccncc2)c(N)c1)S(=O)(=O)c1ccccc1.CN(c1ccc2c(c1)nc(C(C)(C)C)n2Cc1ccncc1)S(=O)(=O)c1ccccc1. The Hall–Kier alpha value is -6.25. The van der Waals surface area contributed by atoms with Gasteiger partial charge in [-0.05, 0) is 96.1 Å². The van der Waals surface area contributed by atoms with Crippen molar-refractivity contribution in [3.05, 3.63) is 163 Å². The van der Waals surface area contributed by atoms with E-state index in [4.69, 9.17) is 10.7 Å². The van der Waals surface area contributed by atoms with Gasteiger partial charge in [-0.2, -0.15) is 0 Å². The first-order chi connectivity index (χ1) is 27.2. The molecule has 12 nitrogen and oxygen atoms in total. The van der Waals surface area contributed by atoms with Gasteiger partial charge in [0, 0.05) is 57.4 Å². The minimum Gasteiger partial charge on any atom is -0.397 e. The van der Waals surface area contributed by atoms with Crippen LogP contribution in [-0.2, 0) is 38.6 Å². The molecule has 0 fully saturated rings. The van der Waals surface area contributed by atoms with Crippen LogP contribution in [0.5, 0.6) is 0 Å². The molecule has 0 aliphatic rings. The van der Waals surface area contributed by atoms with E-state index in [1.54, 1.807) is 111 Å². The third-order valence-electron chi connectivity index (χ3n) is 9.29. The lowest BCUT2D eigenvalue weighted by Gasteiger charge is -2.21. The number of rotatable bonds is 11. The quantitative estimate of drug-likeness (QED) is 0.125. The molecular formula is C43H46N8O4S2. The average Bonchev–Trinajstić information content (AvgIpc) is 3.59. The minimum absolute atomic E-state index is 0.172. The van der Waals surface area contributed by atoms with E-state index in [0.717, 1.165) is 33.7 Å². The number of hydrogen-bond acceptors (Lipinski definition) is 9. The maximum absolute atomic E-state index is 13.0. The van der Waals surface area contributed by atoms with Crippen molar-refractivity contribution in [2.75, 3.05) is 33.8 Å². The molecule has 7 aromatic rings. The number of anilines is 4. The van der Waals surface area contributed by atoms with Gasteiger partial charge in [-0.3, -0.25) is 18.6 Å². The predicted octanol–water partition coefficient (Wildman–Crippen LogP) is 7.70. The van der Waals surface area contributed by atoms with Gasteiger partial charge >= 0.3 is 0 Å². The molecule has 0 atom stereocenters. The first-order valence-electron chi connectivity index (χ1n) is 18.2. The number of nitrogens with zero attached hydrogens (tertiary/aromatic N) is 6. The summed E-state index contributed by atoms with van der Waals surface area (Å²) < 4.78 is 56.2. The smallest absolute Gasteiger partial charge is 0.264 e. The van der Waals surface area contributed by atoms with E-state index in [-0.39, 0.29) is 15.2 Å². The van der Waals surface area contributed by atoms with Crippen molar-refractivity contribution in [3.63, 3.8) is 0 Å². The van der Waals surface area contributed by atoms with E-state index in [1.807, 2.05) is 42.5 Å². The molecule has 0 aliphatic carbocycles. The first kappa shape index (κ1) is 40.4. The van der Waals surface area contributed by atoms with Crippen molar-refractivity contribution in [1.82, 2.24) is 19.5 Å². The fourth-order valence-electron chi connectivity index (χ4n) is 6.10. The zero-order valence-electron chi connectivity index (χ0n) is 32.5. The van der Waals surface area contributed by atoms with Crippen LogP contribution in [0.1, 0.15) is 37.7 Å². The van der Waals surface area contributed by atoms with Gasteiger partial charge in [0.05, 0.1) is 43.6 Å². The van der Waals surface area contributed by atoms with Crippen LogP contribution in [0.25, 0.3) is 11.0 Å². The lowest BCUT2D eigenvalue weighted by atomic mass is 9.95. The summed E-state index contributed by atoms with van der Waals surface area (Å²) in [4.78, 5) is 13.5. The number of imidazole rings is 1. The summed E-state index contributed by atoms with van der Waals surface area (Å²) in [5.74, 6) is 0.949. The van der Waals surface area contributed by atoms with Gasteiger partial charge in [-0.15, -0.1) is 0 Å². The van der Waals surface area contributed by atoms with Crippen molar-refractivity contribution in [1.29, 1.82) is 0 Å². The predicted molar refractivity (Wildman–Crippen MR) is 228 cm³/mol. The van der Waals surface area contributed by atoms with Gasteiger partial charge < -0.3 is 15.6 Å². The number of nitrogens with two attached hydrogens (primary N) is 1. The number of nitrogen functional groups attached to an aromatic ring is 1. The lowest BCUT2D eigenvalue weighted by molar-refractivity contribution is 0.516. The second-order valence-corrected chi connectivity index (χ2v) is 18.3. The monoisotopic (exact) mass is 802 g/mol. The zero-order chi connectivity index (χ0) is 40.8. The molecule has 4 aromatic carbocycles. The summed E-state index contributed by atoms with van der Waals surface area (Å²) in [7, 11) is -4.19. The summed E-state index contributed by atoms with van der Waals surface area (Å²) in [5, 5.41) is 3.25. The van der Waals surface area contributed by atoms with Crippen LogP contribution in [0.2, 0.25) is 0 Å². The van der Waals surface area contributed by atoms with Crippen molar-refractivity contribution >= 4 is 53.8 Å². The van der Waals surface area contributed by atoms with Crippen LogP contribution in [0.15, 0.2) is 156 Å². The Morgan fingerprint density at radius 2 is 1.14 bits per heavy atom. The number of sulfonamides is 2. The number of benzene rings is 4. The van der Waals surface area contributed by atoms with E-state index in [1.165, 1.54) is 15.7 Å². The van der Waals surface area contributed by atoms with Crippen LogP contribution in [-0.4, -0.2) is 50.4 Å². The van der Waals surface area contributed by atoms with E-state index in [9.17, 15) is 16.8 Å². The molecule has 0 amide bonds. The molecule has 294 valence electrons. The molecule has 0 spiro atoms. The fourth-order valence-corrected chi connectivity index (χ4v) is 8.52. The zero-order valence-corrected chi connectivity index (χ0v) is 34.1. The molecule has 0 saturated heterocycles. The van der Waals surface area contributed by atoms with E-state index in [0.29, 0.717) is 30.2 Å². The number of hydrogen-bond donors (Lipinski definition) is 2. The first-order valence-corrected chi connectivity index (χ1v) is 21.0. The number of aromatic nitrogens is 4. The molecule has 7 rings (SSSR count). The summed E-state index contributed by atoms with van der Waals surface area (Å²) in [6.45, 7) is 7.66. The number of nitrogens with one attached hydrogen (secondary N) is 1. The standard InChI is InChI=1S/C24H26N4O2S.C19H20N4O2S/c1-24(2,3)23-26-21-16-19(27(4)31(29,30)20-8-6-5-7-9-20)10-11-22(21)28(23)17-18-12-14-25-15-13-18;1-23(26(24,25)17-5-3-2-4-6-17)16-7-8-19(18(20)13-16)22-14-15-9-11-21-12-10-15/h5-16H,17H2,1-4H3;2-13,22H,14,20H2,1H3. The molecule has 57 heavy (non-hydrogen) atoms. The van der Waals surface area contributed by atoms with E-state index < -0.39 is 20.0 Å². The Balaban J connectivity index is 0.000000196. The molecule has 0 radical (unpaired) electrons. The molecule has 3 aromatic heterocycles. The highest BCUT2D eigenvalue weighted by Crippen LogP contribution is 2.32. The maximum atomic E-state index is 13.0. The largest absolute Gasteiger partial charge is 0.397 e. The average molecular weight is 803 g/mol. The Labute approximate surface area is 334 Å². The topological polar surface area (TPSA) is 156 Å². The van der Waals surface area contributed by atoms with E-state index >= 15 is 0 Å². The van der Waals surface area contributed by atoms with Gasteiger partial charge in [0.2, 0.25) is 0 Å². The van der Waals surface area contributed by atoms with Crippen molar-refractivity contribution < 1.29 is 16.8 Å². The van der Waals surface area contributed by atoms with Crippen LogP contribution in [0.4, 0.5) is 22.7 Å². The molecule has 3 heterocycles. The van der Waals surface area contributed by atoms with Crippen molar-refractivity contribution in [2.24, 2.45) is 0 Å². The Morgan fingerprint density at radius 1 is 0.649 bits per heavy atom. The third kappa shape index (κ3) is 9.25. The molecule has 0 saturated carbocycles. The summed E-state index contributed by atoms with van der Waals surface area (Å²) in [6, 6.07) is 35.4. The number of pyridine rings is 2. The van der Waals surface area contributed by atoms with E-state index in [2.05, 4.69) is 40.6 Å². The molecule has 0 aliphatic heterocycles. The van der Waals surface area contributed by atoms with Gasteiger partial charge in [0.25, 0.3) is 20.0 Å². The Kier molecular flexibility index (Phi) is 12.0. The van der Waals surface area contributed by atoms with Crippen LogP contribution in [0.3, 0.4) is 0 Å². The third-order valence-corrected chi connectivity index (χ3v) is 12.9. The van der Waals surface area contributed by atoms with Crippen molar-refractivity contribution in [2.45, 2.75) is 49.1 Å². The summed E-state index contributed by atoms with van der Waals surface area (Å²) >= 11 is 0. The van der Waals surface area contributed by atoms with Crippen molar-refractivity contribution in [3.8, 4) is 0 Å². The van der Waals surface area contributed by atoms with Gasteiger partial charge in [0.15, 0.2) is 0 Å². The molecule has 3 N–H and O–H groups in total. The fraction of sp³-hybridized carbons (Fsp3) is 0.186. The molecule has 14 heteroatoms. The Morgan fingerprint density at radius 3 is 1.65 bits per heavy atom. The second kappa shape index (κ2) is 16.9. The summed E-state index contributed by atoms with van der Waals surface area (Å²) in [5.41, 5.74) is 12.2.